The van der Waals surface area contributed by atoms with Gasteiger partial charge in [-0.1, -0.05) is 36.4 Å². The molecule has 21 heavy (non-hydrogen) atoms. The van der Waals surface area contributed by atoms with Crippen LogP contribution in [0.15, 0.2) is 46.9 Å². The van der Waals surface area contributed by atoms with Gasteiger partial charge in [0.2, 0.25) is 0 Å². The molecule has 0 aromatic heterocycles. The SMILES string of the molecule is Cc1ccc(OCc2ccccc2)c(Br)c1C(O)C(=O)O. The van der Waals surface area contributed by atoms with Gasteiger partial charge in [0.15, 0.2) is 6.10 Å². The first-order valence-corrected chi connectivity index (χ1v) is 7.16. The van der Waals surface area contributed by atoms with Crippen LogP contribution in [0.25, 0.3) is 0 Å². The lowest BCUT2D eigenvalue weighted by atomic mass is 10.0. The average molecular weight is 351 g/mol. The monoisotopic (exact) mass is 350 g/mol. The van der Waals surface area contributed by atoms with Crippen molar-refractivity contribution in [3.8, 4) is 5.75 Å². The zero-order valence-electron chi connectivity index (χ0n) is 11.4. The zero-order valence-corrected chi connectivity index (χ0v) is 13.0. The van der Waals surface area contributed by atoms with Gasteiger partial charge in [0.25, 0.3) is 0 Å². The van der Waals surface area contributed by atoms with Crippen LogP contribution >= 0.6 is 15.9 Å². The molecular formula is C16H15BrO4. The van der Waals surface area contributed by atoms with Crippen LogP contribution in [0.4, 0.5) is 0 Å². The Morgan fingerprint density at radius 2 is 1.90 bits per heavy atom. The largest absolute Gasteiger partial charge is 0.488 e. The highest BCUT2D eigenvalue weighted by Crippen LogP contribution is 2.35. The lowest BCUT2D eigenvalue weighted by Gasteiger charge is -2.16. The highest BCUT2D eigenvalue weighted by molar-refractivity contribution is 9.10. The molecule has 2 aromatic carbocycles. The first-order chi connectivity index (χ1) is 10.0. The molecule has 2 aromatic rings. The maximum Gasteiger partial charge on any atom is 0.337 e. The summed E-state index contributed by atoms with van der Waals surface area (Å²) in [4.78, 5) is 11.0. The van der Waals surface area contributed by atoms with Crippen molar-refractivity contribution in [2.45, 2.75) is 19.6 Å². The standard InChI is InChI=1S/C16H15BrO4/c1-10-7-8-12(14(17)13(10)15(18)16(19)20)21-9-11-5-3-2-4-6-11/h2-8,15,18H,9H2,1H3,(H,19,20). The second-order valence-electron chi connectivity index (χ2n) is 4.62. The van der Waals surface area contributed by atoms with Crippen LogP contribution in [0.5, 0.6) is 5.75 Å². The number of aliphatic carboxylic acids is 1. The average Bonchev–Trinajstić information content (AvgIpc) is 2.47. The van der Waals surface area contributed by atoms with E-state index in [2.05, 4.69) is 15.9 Å². The third kappa shape index (κ3) is 3.62. The fraction of sp³-hybridized carbons (Fsp3) is 0.188. The van der Waals surface area contributed by atoms with Gasteiger partial charge in [-0.2, -0.15) is 0 Å². The van der Waals surface area contributed by atoms with E-state index in [1.54, 1.807) is 19.1 Å². The highest BCUT2D eigenvalue weighted by atomic mass is 79.9. The number of halogens is 1. The van der Waals surface area contributed by atoms with Crippen LogP contribution in [-0.2, 0) is 11.4 Å². The van der Waals surface area contributed by atoms with Gasteiger partial charge in [0.05, 0.1) is 4.47 Å². The molecule has 0 radical (unpaired) electrons. The number of carboxylic acid groups (broad SMARTS) is 1. The van der Waals surface area contributed by atoms with E-state index in [-0.39, 0.29) is 0 Å². The van der Waals surface area contributed by atoms with Crippen molar-refractivity contribution in [3.63, 3.8) is 0 Å². The van der Waals surface area contributed by atoms with Gasteiger partial charge in [-0.3, -0.25) is 0 Å². The van der Waals surface area contributed by atoms with Gasteiger partial charge in [-0.05, 0) is 40.0 Å². The Kier molecular flexibility index (Phi) is 4.98. The minimum Gasteiger partial charge on any atom is -0.488 e. The lowest BCUT2D eigenvalue weighted by Crippen LogP contribution is -2.13. The maximum absolute atomic E-state index is 11.0. The number of hydrogen-bond acceptors (Lipinski definition) is 3. The molecule has 0 spiro atoms. The van der Waals surface area contributed by atoms with Crippen molar-refractivity contribution in [1.82, 2.24) is 0 Å². The second-order valence-corrected chi connectivity index (χ2v) is 5.42. The summed E-state index contributed by atoms with van der Waals surface area (Å²) in [6, 6.07) is 13.1. The Labute approximate surface area is 131 Å². The number of carbonyl (C=O) groups is 1. The van der Waals surface area contributed by atoms with Gasteiger partial charge in [-0.25, -0.2) is 4.79 Å². The van der Waals surface area contributed by atoms with E-state index in [4.69, 9.17) is 9.84 Å². The third-order valence-electron chi connectivity index (χ3n) is 3.11. The number of benzene rings is 2. The minimum atomic E-state index is -1.58. The van der Waals surface area contributed by atoms with Crippen molar-refractivity contribution >= 4 is 21.9 Å². The summed E-state index contributed by atoms with van der Waals surface area (Å²) in [7, 11) is 0. The molecular weight excluding hydrogens is 336 g/mol. The van der Waals surface area contributed by atoms with Crippen LogP contribution in [0, 0.1) is 6.92 Å². The summed E-state index contributed by atoms with van der Waals surface area (Å²) in [5, 5.41) is 18.8. The smallest absolute Gasteiger partial charge is 0.337 e. The Morgan fingerprint density at radius 3 is 2.52 bits per heavy atom. The van der Waals surface area contributed by atoms with Crippen molar-refractivity contribution < 1.29 is 19.7 Å². The Morgan fingerprint density at radius 1 is 1.24 bits per heavy atom. The fourth-order valence-corrected chi connectivity index (χ4v) is 2.75. The number of rotatable bonds is 5. The van der Waals surface area contributed by atoms with E-state index in [1.165, 1.54) is 0 Å². The summed E-state index contributed by atoms with van der Waals surface area (Å²) in [6.07, 6.45) is -1.58. The third-order valence-corrected chi connectivity index (χ3v) is 3.92. The van der Waals surface area contributed by atoms with Crippen molar-refractivity contribution in [1.29, 1.82) is 0 Å². The summed E-state index contributed by atoms with van der Waals surface area (Å²) in [6.45, 7) is 2.11. The van der Waals surface area contributed by atoms with Crippen LogP contribution in [0.2, 0.25) is 0 Å². The molecule has 4 nitrogen and oxygen atoms in total. The van der Waals surface area contributed by atoms with E-state index < -0.39 is 12.1 Å². The molecule has 2 rings (SSSR count). The van der Waals surface area contributed by atoms with E-state index in [9.17, 15) is 9.90 Å². The molecule has 110 valence electrons. The van der Waals surface area contributed by atoms with Crippen molar-refractivity contribution in [2.24, 2.45) is 0 Å². The van der Waals surface area contributed by atoms with Crippen LogP contribution in [0.3, 0.4) is 0 Å². The molecule has 0 aliphatic rings. The first kappa shape index (κ1) is 15.5. The number of aliphatic hydroxyl groups is 1. The lowest BCUT2D eigenvalue weighted by molar-refractivity contribution is -0.147. The predicted molar refractivity (Wildman–Crippen MR) is 82.2 cm³/mol. The topological polar surface area (TPSA) is 66.8 Å². The summed E-state index contributed by atoms with van der Waals surface area (Å²) < 4.78 is 6.16. The van der Waals surface area contributed by atoms with Gasteiger partial charge >= 0.3 is 5.97 Å². The molecule has 0 fully saturated rings. The Hall–Kier alpha value is -1.85. The molecule has 0 saturated heterocycles. The number of ether oxygens (including phenoxy) is 1. The normalized spacial score (nSPS) is 12.0. The zero-order chi connectivity index (χ0) is 15.4. The number of carboxylic acids is 1. The molecule has 0 saturated carbocycles. The highest BCUT2D eigenvalue weighted by Gasteiger charge is 2.23. The Balaban J connectivity index is 2.25. The van der Waals surface area contributed by atoms with Gasteiger partial charge in [0, 0.05) is 5.56 Å². The molecule has 0 aliphatic heterocycles. The van der Waals surface area contributed by atoms with Gasteiger partial charge in [0.1, 0.15) is 12.4 Å². The predicted octanol–water partition coefficient (Wildman–Crippen LogP) is 3.45. The van der Waals surface area contributed by atoms with Crippen molar-refractivity contribution in [3.05, 3.63) is 63.6 Å². The van der Waals surface area contributed by atoms with E-state index in [0.717, 1.165) is 5.56 Å². The fourth-order valence-electron chi connectivity index (χ4n) is 1.98. The molecule has 2 N–H and O–H groups in total. The van der Waals surface area contributed by atoms with Crippen LogP contribution in [-0.4, -0.2) is 16.2 Å². The van der Waals surface area contributed by atoms with Crippen molar-refractivity contribution in [2.75, 3.05) is 0 Å². The molecule has 5 heteroatoms. The maximum atomic E-state index is 11.0. The van der Waals surface area contributed by atoms with Gasteiger partial charge < -0.3 is 14.9 Å². The molecule has 1 unspecified atom stereocenters. The van der Waals surface area contributed by atoms with E-state index in [1.807, 2.05) is 30.3 Å². The molecule has 0 amide bonds. The van der Waals surface area contributed by atoms with Crippen LogP contribution in [0.1, 0.15) is 22.8 Å². The van der Waals surface area contributed by atoms with E-state index >= 15 is 0 Å². The number of aliphatic hydroxyl groups excluding tert-OH is 1. The van der Waals surface area contributed by atoms with E-state index in [0.29, 0.717) is 28.0 Å². The Bertz CT molecular complexity index is 640. The summed E-state index contributed by atoms with van der Waals surface area (Å²) in [5.41, 5.74) is 2.00. The summed E-state index contributed by atoms with van der Waals surface area (Å²) >= 11 is 3.33. The molecule has 0 heterocycles. The number of aryl methyl sites for hydroxylation is 1. The van der Waals surface area contributed by atoms with Crippen LogP contribution < -0.4 is 4.74 Å². The molecule has 1 atom stereocenters. The number of hydrogen-bond donors (Lipinski definition) is 2. The molecule has 0 aliphatic carbocycles. The summed E-state index contributed by atoms with van der Waals surface area (Å²) in [5.74, 6) is -0.793. The first-order valence-electron chi connectivity index (χ1n) is 6.37. The minimum absolute atomic E-state index is 0.313. The van der Waals surface area contributed by atoms with Gasteiger partial charge in [-0.15, -0.1) is 0 Å². The second kappa shape index (κ2) is 6.74. The quantitative estimate of drug-likeness (QED) is 0.866. The molecule has 0 bridgehead atoms.